The van der Waals surface area contributed by atoms with Gasteiger partial charge in [-0.15, -0.1) is 0 Å². The average Bonchev–Trinajstić information content (AvgIpc) is 2.36. The third-order valence-corrected chi connectivity index (χ3v) is 2.67. The molecule has 0 amide bonds. The van der Waals surface area contributed by atoms with E-state index in [-0.39, 0.29) is 13.0 Å². The summed E-state index contributed by atoms with van der Waals surface area (Å²) in [5.74, 6) is 0.500. The lowest BCUT2D eigenvalue weighted by molar-refractivity contribution is -0.136. The third-order valence-electron chi connectivity index (χ3n) is 2.67. The quantitative estimate of drug-likeness (QED) is 0.682. The minimum absolute atomic E-state index is 0.00736. The molecule has 102 valence electrons. The molecule has 0 saturated carbocycles. The van der Waals surface area contributed by atoms with E-state index >= 15 is 0 Å². The van der Waals surface area contributed by atoms with Crippen LogP contribution >= 0.6 is 0 Å². The Kier molecular flexibility index (Phi) is 3.78. The normalized spacial score (nSPS) is 11.7. The molecule has 6 heteroatoms. The van der Waals surface area contributed by atoms with E-state index in [0.717, 1.165) is 5.39 Å². The number of halogens is 3. The van der Waals surface area contributed by atoms with Crippen molar-refractivity contribution in [3.8, 4) is 5.75 Å². The smallest absolute Gasteiger partial charge is 0.389 e. The summed E-state index contributed by atoms with van der Waals surface area (Å²) in [4.78, 5) is 3.97. The van der Waals surface area contributed by atoms with Gasteiger partial charge in [-0.05, 0) is 24.6 Å². The number of aromatic nitrogens is 1. The van der Waals surface area contributed by atoms with Crippen LogP contribution in [0.25, 0.3) is 10.8 Å². The van der Waals surface area contributed by atoms with Crippen LogP contribution in [0.3, 0.4) is 0 Å². The van der Waals surface area contributed by atoms with Gasteiger partial charge in [0.15, 0.2) is 0 Å². The predicted molar refractivity (Wildman–Crippen MR) is 66.9 cm³/mol. The number of alkyl halides is 3. The minimum atomic E-state index is -4.14. The van der Waals surface area contributed by atoms with Gasteiger partial charge in [0.05, 0.1) is 6.61 Å². The van der Waals surface area contributed by atoms with E-state index in [1.54, 1.807) is 30.6 Å². The molecule has 0 aliphatic rings. The monoisotopic (exact) mass is 270 g/mol. The largest absolute Gasteiger partial charge is 0.493 e. The molecular weight excluding hydrogens is 257 g/mol. The second-order valence-electron chi connectivity index (χ2n) is 4.14. The number of nitrogens with two attached hydrogens (primary N) is 1. The molecule has 0 saturated heterocycles. The maximum atomic E-state index is 12.0. The van der Waals surface area contributed by atoms with Gasteiger partial charge in [0.2, 0.25) is 0 Å². The second kappa shape index (κ2) is 5.34. The summed E-state index contributed by atoms with van der Waals surface area (Å²) in [5, 5.41) is 1.48. The Morgan fingerprint density at radius 3 is 2.68 bits per heavy atom. The first-order valence-corrected chi connectivity index (χ1v) is 5.79. The molecule has 0 radical (unpaired) electrons. The van der Waals surface area contributed by atoms with Gasteiger partial charge in [-0.3, -0.25) is 4.98 Å². The number of rotatable bonds is 4. The van der Waals surface area contributed by atoms with E-state index in [1.807, 2.05) is 0 Å². The Morgan fingerprint density at radius 1 is 1.16 bits per heavy atom. The highest BCUT2D eigenvalue weighted by Gasteiger charge is 2.26. The van der Waals surface area contributed by atoms with Crippen LogP contribution in [-0.2, 0) is 0 Å². The van der Waals surface area contributed by atoms with Gasteiger partial charge in [-0.25, -0.2) is 0 Å². The maximum Gasteiger partial charge on any atom is 0.389 e. The van der Waals surface area contributed by atoms with Crippen molar-refractivity contribution in [2.45, 2.75) is 19.0 Å². The van der Waals surface area contributed by atoms with Gasteiger partial charge in [0, 0.05) is 35.3 Å². The van der Waals surface area contributed by atoms with Crippen molar-refractivity contribution in [1.29, 1.82) is 0 Å². The van der Waals surface area contributed by atoms with Crippen molar-refractivity contribution < 1.29 is 17.9 Å². The van der Waals surface area contributed by atoms with E-state index in [0.29, 0.717) is 16.8 Å². The fourth-order valence-electron chi connectivity index (χ4n) is 1.77. The summed E-state index contributed by atoms with van der Waals surface area (Å²) in [6, 6.07) is 5.06. The summed E-state index contributed by atoms with van der Waals surface area (Å²) in [5.41, 5.74) is 6.39. The molecule has 19 heavy (non-hydrogen) atoms. The predicted octanol–water partition coefficient (Wildman–Crippen LogP) is 3.54. The Labute approximate surface area is 108 Å². The van der Waals surface area contributed by atoms with Crippen molar-refractivity contribution in [3.63, 3.8) is 0 Å². The molecule has 2 N–H and O–H groups in total. The molecule has 0 fully saturated rings. The topological polar surface area (TPSA) is 48.1 Å². The van der Waals surface area contributed by atoms with Crippen LogP contribution in [-0.4, -0.2) is 17.8 Å². The number of anilines is 1. The zero-order chi connectivity index (χ0) is 13.9. The average molecular weight is 270 g/mol. The van der Waals surface area contributed by atoms with Gasteiger partial charge in [0.25, 0.3) is 0 Å². The molecule has 2 aromatic rings. The molecular formula is C13H13F3N2O. The third kappa shape index (κ3) is 3.49. The lowest BCUT2D eigenvalue weighted by atomic mass is 10.1. The number of nitrogen functional groups attached to an aromatic ring is 1. The SMILES string of the molecule is Nc1ccc(OCCCC(F)(F)F)c2cnccc12. The Morgan fingerprint density at radius 2 is 1.95 bits per heavy atom. The van der Waals surface area contributed by atoms with Crippen LogP contribution in [0.1, 0.15) is 12.8 Å². The van der Waals surface area contributed by atoms with Crippen LogP contribution in [0.2, 0.25) is 0 Å². The molecule has 1 aromatic heterocycles. The van der Waals surface area contributed by atoms with Crippen molar-refractivity contribution in [3.05, 3.63) is 30.6 Å². The highest BCUT2D eigenvalue weighted by Crippen LogP contribution is 2.29. The molecule has 3 nitrogen and oxygen atoms in total. The number of hydrogen-bond donors (Lipinski definition) is 1. The highest BCUT2D eigenvalue weighted by molar-refractivity contribution is 5.96. The zero-order valence-corrected chi connectivity index (χ0v) is 10.1. The fraction of sp³-hybridized carbons (Fsp3) is 0.308. The molecule has 0 spiro atoms. The minimum Gasteiger partial charge on any atom is -0.493 e. The van der Waals surface area contributed by atoms with Gasteiger partial charge in [-0.1, -0.05) is 0 Å². The number of ether oxygens (including phenoxy) is 1. The number of benzene rings is 1. The van der Waals surface area contributed by atoms with Crippen molar-refractivity contribution >= 4 is 16.5 Å². The lowest BCUT2D eigenvalue weighted by Gasteiger charge is -2.11. The van der Waals surface area contributed by atoms with E-state index in [9.17, 15) is 13.2 Å². The highest BCUT2D eigenvalue weighted by atomic mass is 19.4. The van der Waals surface area contributed by atoms with Crippen LogP contribution in [0.15, 0.2) is 30.6 Å². The molecule has 0 atom stereocenters. The standard InChI is InChI=1S/C13H13F3N2O/c14-13(15,16)5-1-7-19-12-3-2-11(17)9-4-6-18-8-10(9)12/h2-4,6,8H,1,5,7,17H2. The Hall–Kier alpha value is -1.98. The molecule has 0 aliphatic carbocycles. The zero-order valence-electron chi connectivity index (χ0n) is 10.1. The fourth-order valence-corrected chi connectivity index (χ4v) is 1.77. The van der Waals surface area contributed by atoms with Gasteiger partial charge >= 0.3 is 6.18 Å². The Balaban J connectivity index is 2.07. The second-order valence-corrected chi connectivity index (χ2v) is 4.14. The number of pyridine rings is 1. The van der Waals surface area contributed by atoms with Gasteiger partial charge in [-0.2, -0.15) is 13.2 Å². The van der Waals surface area contributed by atoms with Crippen molar-refractivity contribution in [2.75, 3.05) is 12.3 Å². The van der Waals surface area contributed by atoms with Gasteiger partial charge < -0.3 is 10.5 Å². The van der Waals surface area contributed by atoms with Crippen LogP contribution < -0.4 is 10.5 Å². The number of hydrogen-bond acceptors (Lipinski definition) is 3. The maximum absolute atomic E-state index is 12.0. The molecule has 1 heterocycles. The van der Waals surface area contributed by atoms with Gasteiger partial charge in [0.1, 0.15) is 5.75 Å². The van der Waals surface area contributed by atoms with E-state index in [2.05, 4.69) is 4.98 Å². The molecule has 0 bridgehead atoms. The lowest BCUT2D eigenvalue weighted by Crippen LogP contribution is -2.09. The number of nitrogens with zero attached hydrogens (tertiary/aromatic N) is 1. The van der Waals surface area contributed by atoms with Crippen molar-refractivity contribution in [2.24, 2.45) is 0 Å². The summed E-state index contributed by atoms with van der Waals surface area (Å²) < 4.78 is 41.4. The first-order chi connectivity index (χ1) is 8.97. The van der Waals surface area contributed by atoms with Crippen LogP contribution in [0.5, 0.6) is 5.75 Å². The van der Waals surface area contributed by atoms with Crippen LogP contribution in [0, 0.1) is 0 Å². The molecule has 2 rings (SSSR count). The van der Waals surface area contributed by atoms with E-state index in [1.165, 1.54) is 0 Å². The first kappa shape index (κ1) is 13.5. The summed E-state index contributed by atoms with van der Waals surface area (Å²) in [6.07, 6.45) is -1.88. The van der Waals surface area contributed by atoms with Crippen molar-refractivity contribution in [1.82, 2.24) is 4.98 Å². The molecule has 0 unspecified atom stereocenters. The number of fused-ring (bicyclic) bond motifs is 1. The molecule has 1 aromatic carbocycles. The van der Waals surface area contributed by atoms with Crippen LogP contribution in [0.4, 0.5) is 18.9 Å². The summed E-state index contributed by atoms with van der Waals surface area (Å²) in [6.45, 7) is 0.00736. The van der Waals surface area contributed by atoms with E-state index in [4.69, 9.17) is 10.5 Å². The summed E-state index contributed by atoms with van der Waals surface area (Å²) in [7, 11) is 0. The molecule has 0 aliphatic heterocycles. The summed E-state index contributed by atoms with van der Waals surface area (Å²) >= 11 is 0. The Bertz CT molecular complexity index is 569. The first-order valence-electron chi connectivity index (χ1n) is 5.79. The van der Waals surface area contributed by atoms with E-state index < -0.39 is 12.6 Å².